The highest BCUT2D eigenvalue weighted by Gasteiger charge is 2.06. The molecule has 4 heteroatoms. The summed E-state index contributed by atoms with van der Waals surface area (Å²) < 4.78 is 30.9. The van der Waals surface area contributed by atoms with Crippen molar-refractivity contribution in [2.24, 2.45) is 0 Å². The van der Waals surface area contributed by atoms with Gasteiger partial charge in [0.15, 0.2) is 11.6 Å². The van der Waals surface area contributed by atoms with E-state index in [-0.39, 0.29) is 11.6 Å². The van der Waals surface area contributed by atoms with Crippen molar-refractivity contribution in [1.29, 1.82) is 0 Å². The van der Waals surface area contributed by atoms with Crippen molar-refractivity contribution in [1.82, 2.24) is 4.98 Å². The molecule has 0 atom stereocenters. The molecule has 0 bridgehead atoms. The summed E-state index contributed by atoms with van der Waals surface area (Å²) in [6.07, 6.45) is 2.52. The molecule has 1 radical (unpaired) electrons. The second-order valence-corrected chi connectivity index (χ2v) is 2.78. The van der Waals surface area contributed by atoms with E-state index in [1.807, 2.05) is 0 Å². The summed E-state index contributed by atoms with van der Waals surface area (Å²) >= 11 is 0. The van der Waals surface area contributed by atoms with Gasteiger partial charge in [0.25, 0.3) is 0 Å². The van der Waals surface area contributed by atoms with Gasteiger partial charge in [-0.05, 0) is 18.2 Å². The highest BCUT2D eigenvalue weighted by molar-refractivity contribution is 5.28. The number of ether oxygens (including phenoxy) is 1. The van der Waals surface area contributed by atoms with Crippen LogP contribution in [0.3, 0.4) is 0 Å². The van der Waals surface area contributed by atoms with E-state index >= 15 is 0 Å². The van der Waals surface area contributed by atoms with Crippen molar-refractivity contribution in [3.8, 4) is 11.6 Å². The number of rotatable bonds is 2. The fourth-order valence-corrected chi connectivity index (χ4v) is 1.04. The van der Waals surface area contributed by atoms with E-state index in [1.165, 1.54) is 6.07 Å². The van der Waals surface area contributed by atoms with Crippen molar-refractivity contribution in [3.05, 3.63) is 54.2 Å². The minimum absolute atomic E-state index is 0.169. The van der Waals surface area contributed by atoms with E-state index in [9.17, 15) is 8.78 Å². The molecule has 1 aromatic heterocycles. The summed E-state index contributed by atoms with van der Waals surface area (Å²) in [5, 5.41) is 0. The van der Waals surface area contributed by atoms with Crippen molar-refractivity contribution < 1.29 is 13.5 Å². The lowest BCUT2D eigenvalue weighted by Gasteiger charge is -2.04. The zero-order valence-corrected chi connectivity index (χ0v) is 7.58. The third kappa shape index (κ3) is 2.28. The molecule has 0 saturated carbocycles. The van der Waals surface area contributed by atoms with E-state index in [4.69, 9.17) is 4.74 Å². The monoisotopic (exact) mass is 206 g/mol. The molecular formula is C11H6F2NO. The molecule has 0 fully saturated rings. The van der Waals surface area contributed by atoms with Crippen LogP contribution in [0.2, 0.25) is 0 Å². The van der Waals surface area contributed by atoms with Gasteiger partial charge in [0, 0.05) is 12.1 Å². The van der Waals surface area contributed by atoms with Crippen molar-refractivity contribution in [2.45, 2.75) is 0 Å². The topological polar surface area (TPSA) is 22.1 Å². The van der Waals surface area contributed by atoms with Gasteiger partial charge in [0.1, 0.15) is 5.82 Å². The van der Waals surface area contributed by atoms with Gasteiger partial charge in [-0.3, -0.25) is 0 Å². The van der Waals surface area contributed by atoms with Crippen LogP contribution in [0, 0.1) is 17.8 Å². The molecule has 2 rings (SSSR count). The summed E-state index contributed by atoms with van der Waals surface area (Å²) in [6.45, 7) is 0. The SMILES string of the molecule is Fc1ccc(F)c(Oc2ccc[c]n2)c1. The van der Waals surface area contributed by atoms with Crippen molar-refractivity contribution >= 4 is 0 Å². The number of hydrogen-bond acceptors (Lipinski definition) is 2. The number of nitrogens with zero attached hydrogens (tertiary/aromatic N) is 1. The third-order valence-corrected chi connectivity index (χ3v) is 1.69. The third-order valence-electron chi connectivity index (χ3n) is 1.69. The average molecular weight is 206 g/mol. The Kier molecular flexibility index (Phi) is 2.58. The number of halogens is 2. The molecule has 0 N–H and O–H groups in total. The highest BCUT2D eigenvalue weighted by Crippen LogP contribution is 2.23. The number of hydrogen-bond donors (Lipinski definition) is 0. The first-order valence-corrected chi connectivity index (χ1v) is 4.22. The lowest BCUT2D eigenvalue weighted by atomic mass is 10.3. The summed E-state index contributed by atoms with van der Waals surface area (Å²) in [6, 6.07) is 7.73. The first-order chi connectivity index (χ1) is 7.25. The summed E-state index contributed by atoms with van der Waals surface area (Å²) in [5.41, 5.74) is 0. The van der Waals surface area contributed by atoms with Gasteiger partial charge in [0.05, 0.1) is 6.20 Å². The largest absolute Gasteiger partial charge is 0.436 e. The van der Waals surface area contributed by atoms with Crippen molar-refractivity contribution in [3.63, 3.8) is 0 Å². The van der Waals surface area contributed by atoms with E-state index in [0.717, 1.165) is 18.2 Å². The normalized spacial score (nSPS) is 10.0. The van der Waals surface area contributed by atoms with Crippen LogP contribution in [0.1, 0.15) is 0 Å². The number of aromatic nitrogens is 1. The Morgan fingerprint density at radius 1 is 1.20 bits per heavy atom. The lowest BCUT2D eigenvalue weighted by molar-refractivity contribution is 0.422. The molecule has 0 spiro atoms. The molecule has 0 saturated heterocycles. The van der Waals surface area contributed by atoms with Crippen LogP contribution in [0.25, 0.3) is 0 Å². The fraction of sp³-hybridized carbons (Fsp3) is 0. The molecule has 2 aromatic rings. The average Bonchev–Trinajstić information content (AvgIpc) is 2.25. The van der Waals surface area contributed by atoms with Crippen LogP contribution in [0.15, 0.2) is 36.4 Å². The highest BCUT2D eigenvalue weighted by atomic mass is 19.1. The van der Waals surface area contributed by atoms with Gasteiger partial charge in [-0.25, -0.2) is 13.8 Å². The Morgan fingerprint density at radius 2 is 2.07 bits per heavy atom. The first-order valence-electron chi connectivity index (χ1n) is 4.22. The molecule has 0 unspecified atom stereocenters. The molecule has 0 aliphatic rings. The molecule has 0 aliphatic heterocycles. The maximum atomic E-state index is 13.1. The Balaban J connectivity index is 2.28. The predicted octanol–water partition coefficient (Wildman–Crippen LogP) is 2.95. The summed E-state index contributed by atoms with van der Waals surface area (Å²) in [5.74, 6) is -1.22. The molecule has 0 amide bonds. The maximum absolute atomic E-state index is 13.1. The van der Waals surface area contributed by atoms with Crippen LogP contribution in [-0.4, -0.2) is 4.98 Å². The van der Waals surface area contributed by atoms with Crippen LogP contribution in [-0.2, 0) is 0 Å². The number of benzene rings is 1. The Morgan fingerprint density at radius 3 is 2.80 bits per heavy atom. The van der Waals surface area contributed by atoms with E-state index in [0.29, 0.717) is 0 Å². The molecule has 1 heterocycles. The van der Waals surface area contributed by atoms with E-state index < -0.39 is 11.6 Å². The van der Waals surface area contributed by atoms with Gasteiger partial charge >= 0.3 is 0 Å². The molecule has 1 aromatic carbocycles. The number of pyridine rings is 1. The van der Waals surface area contributed by atoms with Crippen LogP contribution in [0.4, 0.5) is 8.78 Å². The second kappa shape index (κ2) is 4.04. The van der Waals surface area contributed by atoms with Crippen LogP contribution < -0.4 is 4.74 Å². The van der Waals surface area contributed by atoms with Gasteiger partial charge in [-0.2, -0.15) is 0 Å². The quantitative estimate of drug-likeness (QED) is 0.753. The van der Waals surface area contributed by atoms with Gasteiger partial charge < -0.3 is 4.74 Å². The second-order valence-electron chi connectivity index (χ2n) is 2.78. The predicted molar refractivity (Wildman–Crippen MR) is 49.5 cm³/mol. The Hall–Kier alpha value is -1.97. The van der Waals surface area contributed by atoms with Gasteiger partial charge in [-0.1, -0.05) is 6.07 Å². The lowest BCUT2D eigenvalue weighted by Crippen LogP contribution is -1.91. The molecular weight excluding hydrogens is 200 g/mol. The van der Waals surface area contributed by atoms with Gasteiger partial charge in [-0.15, -0.1) is 0 Å². The zero-order valence-electron chi connectivity index (χ0n) is 7.58. The van der Waals surface area contributed by atoms with Crippen molar-refractivity contribution in [2.75, 3.05) is 0 Å². The maximum Gasteiger partial charge on any atom is 0.219 e. The smallest absolute Gasteiger partial charge is 0.219 e. The van der Waals surface area contributed by atoms with E-state index in [2.05, 4.69) is 11.2 Å². The first kappa shape index (κ1) is 9.58. The van der Waals surface area contributed by atoms with E-state index in [1.54, 1.807) is 12.1 Å². The Labute approximate surface area is 85.2 Å². The fourth-order valence-electron chi connectivity index (χ4n) is 1.04. The summed E-state index contributed by atoms with van der Waals surface area (Å²) in [7, 11) is 0. The van der Waals surface area contributed by atoms with Crippen LogP contribution >= 0.6 is 0 Å². The molecule has 2 nitrogen and oxygen atoms in total. The summed E-state index contributed by atoms with van der Waals surface area (Å²) in [4.78, 5) is 3.71. The zero-order chi connectivity index (χ0) is 10.7. The molecule has 15 heavy (non-hydrogen) atoms. The molecule has 0 aliphatic carbocycles. The minimum Gasteiger partial charge on any atom is -0.436 e. The Bertz CT molecular complexity index is 459. The molecule has 75 valence electrons. The minimum atomic E-state index is -0.637. The van der Waals surface area contributed by atoms with Crippen LogP contribution in [0.5, 0.6) is 11.6 Å². The van der Waals surface area contributed by atoms with Gasteiger partial charge in [0.2, 0.25) is 5.88 Å². The standard InChI is InChI=1S/C11H6F2NO/c12-8-4-5-9(13)10(7-8)15-11-3-1-2-6-14-11/h1-5,7H.